The van der Waals surface area contributed by atoms with Crippen molar-refractivity contribution in [2.75, 3.05) is 12.3 Å². The lowest BCUT2D eigenvalue weighted by Gasteiger charge is -2.06. The smallest absolute Gasteiger partial charge is 0.339 e. The van der Waals surface area contributed by atoms with Crippen molar-refractivity contribution in [1.29, 1.82) is 0 Å². The maximum atomic E-state index is 11.6. The zero-order valence-corrected chi connectivity index (χ0v) is 10.2. The van der Waals surface area contributed by atoms with E-state index in [0.29, 0.717) is 22.3 Å². The lowest BCUT2D eigenvalue weighted by Crippen LogP contribution is -2.07. The Bertz CT molecular complexity index is 352. The minimum Gasteiger partial charge on any atom is -0.462 e. The molecule has 15 heavy (non-hydrogen) atoms. The first-order valence-electron chi connectivity index (χ1n) is 4.87. The van der Waals surface area contributed by atoms with E-state index in [-0.39, 0.29) is 5.97 Å². The number of unbranched alkanes of at least 4 members (excludes halogenated alkanes) is 1. The van der Waals surface area contributed by atoms with Crippen LogP contribution in [0, 0.1) is 0 Å². The summed E-state index contributed by atoms with van der Waals surface area (Å²) in [5, 5.41) is 0. The molecule has 0 aliphatic rings. The van der Waals surface area contributed by atoms with Crippen LogP contribution in [0.4, 0.5) is 5.69 Å². The number of carbonyl (C=O) groups is 1. The summed E-state index contributed by atoms with van der Waals surface area (Å²) in [5.41, 5.74) is 6.63. The van der Waals surface area contributed by atoms with Gasteiger partial charge >= 0.3 is 5.97 Å². The minimum absolute atomic E-state index is 0.331. The van der Waals surface area contributed by atoms with E-state index in [9.17, 15) is 4.79 Å². The van der Waals surface area contributed by atoms with Gasteiger partial charge in [0, 0.05) is 10.2 Å². The molecule has 0 aliphatic carbocycles. The maximum absolute atomic E-state index is 11.6. The van der Waals surface area contributed by atoms with Gasteiger partial charge in [0.05, 0.1) is 12.2 Å². The third-order valence-electron chi connectivity index (χ3n) is 1.94. The second-order valence-corrected chi connectivity index (χ2v) is 4.08. The van der Waals surface area contributed by atoms with Crippen LogP contribution in [0.5, 0.6) is 0 Å². The predicted octanol–water partition coefficient (Wildman–Crippen LogP) is 2.99. The van der Waals surface area contributed by atoms with Crippen molar-refractivity contribution in [2.45, 2.75) is 19.8 Å². The van der Waals surface area contributed by atoms with Crippen molar-refractivity contribution in [2.24, 2.45) is 0 Å². The monoisotopic (exact) mass is 271 g/mol. The number of carbonyl (C=O) groups excluding carboxylic acids is 1. The van der Waals surface area contributed by atoms with Gasteiger partial charge in [-0.15, -0.1) is 0 Å². The van der Waals surface area contributed by atoms with Gasteiger partial charge in [0.1, 0.15) is 0 Å². The fourth-order valence-corrected chi connectivity index (χ4v) is 1.49. The SMILES string of the molecule is CCCCOC(=O)c1cc(N)ccc1Br. The third-order valence-corrected chi connectivity index (χ3v) is 2.63. The first kappa shape index (κ1) is 12.0. The average Bonchev–Trinajstić information content (AvgIpc) is 2.22. The topological polar surface area (TPSA) is 52.3 Å². The molecule has 4 heteroatoms. The Morgan fingerprint density at radius 1 is 1.53 bits per heavy atom. The molecule has 0 amide bonds. The standard InChI is InChI=1S/C11H14BrNO2/c1-2-3-6-15-11(14)9-7-8(13)4-5-10(9)12/h4-5,7H,2-3,6,13H2,1H3. The van der Waals surface area contributed by atoms with E-state index in [0.717, 1.165) is 12.8 Å². The number of halogens is 1. The van der Waals surface area contributed by atoms with E-state index in [4.69, 9.17) is 10.5 Å². The lowest BCUT2D eigenvalue weighted by atomic mass is 10.2. The average molecular weight is 272 g/mol. The molecule has 1 aromatic rings. The van der Waals surface area contributed by atoms with E-state index >= 15 is 0 Å². The normalized spacial score (nSPS) is 10.0. The molecular formula is C11H14BrNO2. The number of hydrogen-bond acceptors (Lipinski definition) is 3. The second kappa shape index (κ2) is 5.75. The molecule has 0 spiro atoms. The summed E-state index contributed by atoms with van der Waals surface area (Å²) in [7, 11) is 0. The fraction of sp³-hybridized carbons (Fsp3) is 0.364. The van der Waals surface area contributed by atoms with Gasteiger partial charge in [-0.25, -0.2) is 4.79 Å². The van der Waals surface area contributed by atoms with Crippen LogP contribution < -0.4 is 5.73 Å². The van der Waals surface area contributed by atoms with Gasteiger partial charge < -0.3 is 10.5 Å². The van der Waals surface area contributed by atoms with Gasteiger partial charge in [0.15, 0.2) is 0 Å². The van der Waals surface area contributed by atoms with E-state index in [2.05, 4.69) is 15.9 Å². The predicted molar refractivity (Wildman–Crippen MR) is 63.7 cm³/mol. The van der Waals surface area contributed by atoms with Crippen LogP contribution in [0.2, 0.25) is 0 Å². The molecule has 1 rings (SSSR count). The second-order valence-electron chi connectivity index (χ2n) is 3.23. The summed E-state index contributed by atoms with van der Waals surface area (Å²) in [4.78, 5) is 11.6. The molecule has 0 saturated heterocycles. The fourth-order valence-electron chi connectivity index (χ4n) is 1.09. The molecule has 0 radical (unpaired) electrons. The number of nitrogen functional groups attached to an aromatic ring is 1. The molecule has 82 valence electrons. The third kappa shape index (κ3) is 3.55. The molecule has 0 fully saturated rings. The number of esters is 1. The van der Waals surface area contributed by atoms with Gasteiger partial charge in [-0.3, -0.25) is 0 Å². The highest BCUT2D eigenvalue weighted by Crippen LogP contribution is 2.20. The molecule has 3 nitrogen and oxygen atoms in total. The van der Waals surface area contributed by atoms with Gasteiger partial charge in [-0.05, 0) is 40.5 Å². The molecular weight excluding hydrogens is 258 g/mol. The van der Waals surface area contributed by atoms with Crippen molar-refractivity contribution in [1.82, 2.24) is 0 Å². The van der Waals surface area contributed by atoms with Gasteiger partial charge in [0.25, 0.3) is 0 Å². The molecule has 0 aromatic heterocycles. The molecule has 0 heterocycles. The molecule has 2 N–H and O–H groups in total. The van der Waals surface area contributed by atoms with Crippen LogP contribution in [0.1, 0.15) is 30.1 Å². The number of benzene rings is 1. The van der Waals surface area contributed by atoms with Gasteiger partial charge in [-0.2, -0.15) is 0 Å². The number of ether oxygens (including phenoxy) is 1. The Labute approximate surface area is 97.7 Å². The molecule has 0 saturated carbocycles. The van der Waals surface area contributed by atoms with Crippen molar-refractivity contribution in [3.8, 4) is 0 Å². The highest BCUT2D eigenvalue weighted by Gasteiger charge is 2.11. The van der Waals surface area contributed by atoms with Gasteiger partial charge in [-0.1, -0.05) is 13.3 Å². The van der Waals surface area contributed by atoms with E-state index in [1.807, 2.05) is 6.92 Å². The first-order valence-corrected chi connectivity index (χ1v) is 5.66. The Balaban J connectivity index is 2.68. The summed E-state index contributed by atoms with van der Waals surface area (Å²) in [6.07, 6.45) is 1.89. The van der Waals surface area contributed by atoms with Crippen molar-refractivity contribution in [3.63, 3.8) is 0 Å². The van der Waals surface area contributed by atoms with Crippen LogP contribution in [0.25, 0.3) is 0 Å². The van der Waals surface area contributed by atoms with Crippen molar-refractivity contribution >= 4 is 27.6 Å². The Hall–Kier alpha value is -1.03. The van der Waals surface area contributed by atoms with Crippen LogP contribution >= 0.6 is 15.9 Å². The van der Waals surface area contributed by atoms with E-state index in [1.165, 1.54) is 0 Å². The van der Waals surface area contributed by atoms with Crippen LogP contribution in [0.3, 0.4) is 0 Å². The summed E-state index contributed by atoms with van der Waals surface area (Å²) in [5.74, 6) is -0.331. The number of nitrogens with two attached hydrogens (primary N) is 1. The maximum Gasteiger partial charge on any atom is 0.339 e. The lowest BCUT2D eigenvalue weighted by molar-refractivity contribution is 0.0498. The van der Waals surface area contributed by atoms with Crippen LogP contribution in [0.15, 0.2) is 22.7 Å². The molecule has 0 bridgehead atoms. The van der Waals surface area contributed by atoms with Gasteiger partial charge in [0.2, 0.25) is 0 Å². The van der Waals surface area contributed by atoms with Crippen LogP contribution in [-0.4, -0.2) is 12.6 Å². The minimum atomic E-state index is -0.331. The highest BCUT2D eigenvalue weighted by molar-refractivity contribution is 9.10. The molecule has 0 aliphatic heterocycles. The first-order chi connectivity index (χ1) is 7.15. The zero-order chi connectivity index (χ0) is 11.3. The number of hydrogen-bond donors (Lipinski definition) is 1. The summed E-state index contributed by atoms with van der Waals surface area (Å²) >= 11 is 3.28. The van der Waals surface area contributed by atoms with Crippen molar-refractivity contribution in [3.05, 3.63) is 28.2 Å². The summed E-state index contributed by atoms with van der Waals surface area (Å²) in [6, 6.07) is 5.08. The summed E-state index contributed by atoms with van der Waals surface area (Å²) < 4.78 is 5.79. The van der Waals surface area contributed by atoms with Crippen LogP contribution in [-0.2, 0) is 4.74 Å². The zero-order valence-electron chi connectivity index (χ0n) is 8.63. The number of anilines is 1. The highest BCUT2D eigenvalue weighted by atomic mass is 79.9. The molecule has 0 unspecified atom stereocenters. The largest absolute Gasteiger partial charge is 0.462 e. The number of rotatable bonds is 4. The molecule has 1 aromatic carbocycles. The van der Waals surface area contributed by atoms with E-state index < -0.39 is 0 Å². The Morgan fingerprint density at radius 2 is 2.27 bits per heavy atom. The van der Waals surface area contributed by atoms with Crippen molar-refractivity contribution < 1.29 is 9.53 Å². The van der Waals surface area contributed by atoms with E-state index in [1.54, 1.807) is 18.2 Å². The Kier molecular flexibility index (Phi) is 4.62. The molecule has 0 atom stereocenters. The Morgan fingerprint density at radius 3 is 2.93 bits per heavy atom. The quantitative estimate of drug-likeness (QED) is 0.520. The summed E-state index contributed by atoms with van der Waals surface area (Å²) in [6.45, 7) is 2.50.